The molecule has 0 saturated carbocycles. The minimum Gasteiger partial charge on any atom is -0.497 e. The van der Waals surface area contributed by atoms with Crippen molar-refractivity contribution >= 4 is 11.9 Å². The fraction of sp³-hybridized carbons (Fsp3) is 0.263. The van der Waals surface area contributed by atoms with Crippen molar-refractivity contribution in [3.63, 3.8) is 0 Å². The number of hydrogen-bond acceptors (Lipinski definition) is 4. The van der Waals surface area contributed by atoms with Crippen molar-refractivity contribution in [3.05, 3.63) is 65.7 Å². The Morgan fingerprint density at radius 2 is 1.71 bits per heavy atom. The average Bonchev–Trinajstić information content (AvgIpc) is 2.60. The van der Waals surface area contributed by atoms with E-state index in [-0.39, 0.29) is 12.2 Å². The lowest BCUT2D eigenvalue weighted by Crippen LogP contribution is -2.19. The van der Waals surface area contributed by atoms with E-state index in [0.717, 1.165) is 16.9 Å². The van der Waals surface area contributed by atoms with Crippen molar-refractivity contribution in [2.45, 2.75) is 25.4 Å². The number of ketones is 1. The highest BCUT2D eigenvalue weighted by molar-refractivity contribution is 5.79. The molecule has 0 saturated heterocycles. The lowest BCUT2D eigenvalue weighted by Gasteiger charge is -2.16. The molecule has 2 rings (SSSR count). The van der Waals surface area contributed by atoms with Gasteiger partial charge in [0.2, 0.25) is 0 Å². The topological polar surface area (TPSA) is 78.6 Å². The number of carbonyl (C=O) groups excluding carboxylic acids is 2. The summed E-state index contributed by atoms with van der Waals surface area (Å²) >= 11 is 0. The summed E-state index contributed by atoms with van der Waals surface area (Å²) in [6.45, 7) is 0. The molecule has 0 unspecified atom stereocenters. The number of ether oxygens (including phenoxy) is 2. The smallest absolute Gasteiger partial charge is 0.405 e. The molecule has 0 fully saturated rings. The summed E-state index contributed by atoms with van der Waals surface area (Å²) in [5, 5.41) is 0. The van der Waals surface area contributed by atoms with Gasteiger partial charge < -0.3 is 15.2 Å². The summed E-state index contributed by atoms with van der Waals surface area (Å²) in [6, 6.07) is 16.7. The number of amides is 1. The van der Waals surface area contributed by atoms with Gasteiger partial charge in [0.05, 0.1) is 7.11 Å². The summed E-state index contributed by atoms with van der Waals surface area (Å²) in [6.07, 6.45) is -0.416. The Bertz CT molecular complexity index is 668. The predicted octanol–water partition coefficient (Wildman–Crippen LogP) is 3.42. The maximum atomic E-state index is 12.2. The molecule has 0 radical (unpaired) electrons. The molecule has 5 nitrogen and oxygen atoms in total. The largest absolute Gasteiger partial charge is 0.497 e. The molecule has 2 N–H and O–H groups in total. The van der Waals surface area contributed by atoms with E-state index in [9.17, 15) is 9.59 Å². The van der Waals surface area contributed by atoms with Gasteiger partial charge in [-0.25, -0.2) is 4.79 Å². The van der Waals surface area contributed by atoms with Crippen LogP contribution in [0.15, 0.2) is 54.6 Å². The molecule has 0 spiro atoms. The Hall–Kier alpha value is -2.82. The first-order valence-corrected chi connectivity index (χ1v) is 7.74. The van der Waals surface area contributed by atoms with Crippen molar-refractivity contribution in [2.24, 2.45) is 5.73 Å². The lowest BCUT2D eigenvalue weighted by molar-refractivity contribution is -0.121. The first kappa shape index (κ1) is 17.5. The second kappa shape index (κ2) is 8.72. The van der Waals surface area contributed by atoms with Crippen LogP contribution in [0.4, 0.5) is 4.79 Å². The third-order valence-corrected chi connectivity index (χ3v) is 3.69. The van der Waals surface area contributed by atoms with E-state index >= 15 is 0 Å². The molecule has 5 heteroatoms. The van der Waals surface area contributed by atoms with Crippen LogP contribution < -0.4 is 10.5 Å². The van der Waals surface area contributed by atoms with Crippen LogP contribution in [0, 0.1) is 0 Å². The highest BCUT2D eigenvalue weighted by Crippen LogP contribution is 2.22. The van der Waals surface area contributed by atoms with Gasteiger partial charge in [-0.15, -0.1) is 0 Å². The molecule has 126 valence electrons. The number of methoxy groups -OCH3 is 1. The van der Waals surface area contributed by atoms with E-state index in [4.69, 9.17) is 15.2 Å². The minimum atomic E-state index is -0.883. The van der Waals surface area contributed by atoms with E-state index in [2.05, 4.69) is 0 Å². The molecule has 2 aromatic rings. The van der Waals surface area contributed by atoms with Crippen molar-refractivity contribution in [2.75, 3.05) is 7.11 Å². The first-order chi connectivity index (χ1) is 11.6. The van der Waals surface area contributed by atoms with E-state index < -0.39 is 12.2 Å². The normalized spacial score (nSPS) is 11.5. The van der Waals surface area contributed by atoms with Crippen LogP contribution in [0.3, 0.4) is 0 Å². The molecule has 2 aromatic carbocycles. The monoisotopic (exact) mass is 327 g/mol. The molecule has 0 bridgehead atoms. The first-order valence-electron chi connectivity index (χ1n) is 7.74. The van der Waals surface area contributed by atoms with Crippen molar-refractivity contribution in [3.8, 4) is 5.75 Å². The Labute approximate surface area is 141 Å². The minimum absolute atomic E-state index is 0.0147. The number of rotatable bonds is 8. The standard InChI is InChI=1S/C19H21NO4/c1-23-17-11-8-14(9-12-17)7-10-16(21)13-18(24-19(20)22)15-5-3-2-4-6-15/h2-6,8-9,11-12,18H,7,10,13H2,1H3,(H2,20,22)/t18-/m1/s1. The Kier molecular flexibility index (Phi) is 6.37. The number of hydrogen-bond donors (Lipinski definition) is 1. The maximum Gasteiger partial charge on any atom is 0.405 e. The maximum absolute atomic E-state index is 12.2. The molecular formula is C19H21NO4. The van der Waals surface area contributed by atoms with Gasteiger partial charge in [-0.2, -0.15) is 0 Å². The van der Waals surface area contributed by atoms with Gasteiger partial charge in [0.1, 0.15) is 17.6 Å². The van der Waals surface area contributed by atoms with Gasteiger partial charge in [0.15, 0.2) is 0 Å². The SMILES string of the molecule is COc1ccc(CCC(=O)C[C@@H](OC(N)=O)c2ccccc2)cc1. The van der Waals surface area contributed by atoms with Crippen LogP contribution >= 0.6 is 0 Å². The molecular weight excluding hydrogens is 306 g/mol. The third kappa shape index (κ3) is 5.43. The van der Waals surface area contributed by atoms with Crippen LogP contribution in [0.25, 0.3) is 0 Å². The highest BCUT2D eigenvalue weighted by Gasteiger charge is 2.19. The van der Waals surface area contributed by atoms with E-state index in [1.54, 1.807) is 7.11 Å². The van der Waals surface area contributed by atoms with Crippen LogP contribution in [-0.2, 0) is 16.0 Å². The zero-order valence-corrected chi connectivity index (χ0v) is 13.6. The number of aryl methyl sites for hydroxylation is 1. The second-order valence-corrected chi connectivity index (χ2v) is 5.43. The van der Waals surface area contributed by atoms with E-state index in [0.29, 0.717) is 12.8 Å². The zero-order valence-electron chi connectivity index (χ0n) is 13.6. The average molecular weight is 327 g/mol. The number of carbonyl (C=O) groups is 2. The summed E-state index contributed by atoms with van der Waals surface area (Å²) in [7, 11) is 1.61. The van der Waals surface area contributed by atoms with Crippen LogP contribution in [-0.4, -0.2) is 19.0 Å². The molecule has 1 atom stereocenters. The van der Waals surface area contributed by atoms with Crippen LogP contribution in [0.2, 0.25) is 0 Å². The van der Waals surface area contributed by atoms with E-state index in [1.807, 2.05) is 54.6 Å². The van der Waals surface area contributed by atoms with Gasteiger partial charge in [0.25, 0.3) is 0 Å². The predicted molar refractivity (Wildman–Crippen MR) is 90.8 cm³/mol. The number of nitrogens with two attached hydrogens (primary N) is 1. The van der Waals surface area contributed by atoms with Gasteiger partial charge in [0, 0.05) is 12.8 Å². The number of benzene rings is 2. The van der Waals surface area contributed by atoms with Crippen LogP contribution in [0.1, 0.15) is 30.1 Å². The summed E-state index contributed by atoms with van der Waals surface area (Å²) in [4.78, 5) is 23.3. The zero-order chi connectivity index (χ0) is 17.4. The number of Topliss-reactive ketones (excluding diaryl/α,β-unsaturated/α-hetero) is 1. The summed E-state index contributed by atoms with van der Waals surface area (Å²) in [5.41, 5.74) is 6.92. The highest BCUT2D eigenvalue weighted by atomic mass is 16.6. The molecule has 24 heavy (non-hydrogen) atoms. The Morgan fingerprint density at radius 1 is 1.04 bits per heavy atom. The Morgan fingerprint density at radius 3 is 2.29 bits per heavy atom. The molecule has 0 aliphatic carbocycles. The van der Waals surface area contributed by atoms with Crippen molar-refractivity contribution < 1.29 is 19.1 Å². The second-order valence-electron chi connectivity index (χ2n) is 5.43. The molecule has 1 amide bonds. The summed E-state index contributed by atoms with van der Waals surface area (Å²) < 4.78 is 10.2. The quantitative estimate of drug-likeness (QED) is 0.805. The van der Waals surface area contributed by atoms with Crippen molar-refractivity contribution in [1.82, 2.24) is 0 Å². The van der Waals surface area contributed by atoms with Crippen LogP contribution in [0.5, 0.6) is 5.75 Å². The van der Waals surface area contributed by atoms with Gasteiger partial charge in [-0.05, 0) is 29.7 Å². The van der Waals surface area contributed by atoms with Gasteiger partial charge in [-0.1, -0.05) is 42.5 Å². The van der Waals surface area contributed by atoms with E-state index in [1.165, 1.54) is 0 Å². The Balaban J connectivity index is 1.93. The number of primary amides is 1. The molecule has 0 aliphatic heterocycles. The lowest BCUT2D eigenvalue weighted by atomic mass is 10.00. The molecule has 0 aromatic heterocycles. The fourth-order valence-electron chi connectivity index (χ4n) is 2.42. The fourth-order valence-corrected chi connectivity index (χ4v) is 2.42. The van der Waals surface area contributed by atoms with Crippen molar-refractivity contribution in [1.29, 1.82) is 0 Å². The molecule has 0 aliphatic rings. The van der Waals surface area contributed by atoms with Gasteiger partial charge in [-0.3, -0.25) is 4.79 Å². The van der Waals surface area contributed by atoms with Gasteiger partial charge >= 0.3 is 6.09 Å². The summed E-state index contributed by atoms with van der Waals surface area (Å²) in [5.74, 6) is 0.796. The molecule has 0 heterocycles. The third-order valence-electron chi connectivity index (χ3n) is 3.69.